The lowest BCUT2D eigenvalue weighted by Gasteiger charge is -2.33. The van der Waals surface area contributed by atoms with Crippen LogP contribution in [0.1, 0.15) is 35.1 Å². The topological polar surface area (TPSA) is 32.3 Å². The van der Waals surface area contributed by atoms with Gasteiger partial charge < -0.3 is 10.4 Å². The Morgan fingerprint density at radius 3 is 2.53 bits per heavy atom. The van der Waals surface area contributed by atoms with Crippen LogP contribution in [-0.2, 0) is 6.42 Å². The second kappa shape index (κ2) is 4.79. The fourth-order valence-electron chi connectivity index (χ4n) is 2.67. The Labute approximate surface area is 104 Å². The van der Waals surface area contributed by atoms with Gasteiger partial charge in [-0.05, 0) is 62.4 Å². The van der Waals surface area contributed by atoms with Crippen molar-refractivity contribution in [2.24, 2.45) is 0 Å². The van der Waals surface area contributed by atoms with Crippen molar-refractivity contribution < 1.29 is 5.11 Å². The highest BCUT2D eigenvalue weighted by Gasteiger charge is 2.29. The van der Waals surface area contributed by atoms with E-state index in [4.69, 9.17) is 0 Å². The van der Waals surface area contributed by atoms with E-state index in [2.05, 4.69) is 38.2 Å². The minimum Gasteiger partial charge on any atom is -0.388 e. The fourth-order valence-corrected chi connectivity index (χ4v) is 2.67. The molecular weight excluding hydrogens is 210 g/mol. The van der Waals surface area contributed by atoms with Crippen LogP contribution in [0.3, 0.4) is 0 Å². The van der Waals surface area contributed by atoms with Crippen molar-refractivity contribution in [2.75, 3.05) is 13.1 Å². The molecule has 1 unspecified atom stereocenters. The number of aryl methyl sites for hydroxylation is 3. The van der Waals surface area contributed by atoms with Crippen LogP contribution in [0.5, 0.6) is 0 Å². The zero-order valence-electron chi connectivity index (χ0n) is 11.1. The van der Waals surface area contributed by atoms with Gasteiger partial charge in [-0.2, -0.15) is 0 Å². The van der Waals surface area contributed by atoms with Gasteiger partial charge in [0.1, 0.15) is 0 Å². The second-order valence-corrected chi connectivity index (χ2v) is 5.54. The summed E-state index contributed by atoms with van der Waals surface area (Å²) in [6.45, 7) is 8.18. The lowest BCUT2D eigenvalue weighted by molar-refractivity contribution is 0.0168. The molecule has 0 spiro atoms. The van der Waals surface area contributed by atoms with E-state index < -0.39 is 5.60 Å². The number of aliphatic hydroxyl groups is 1. The van der Waals surface area contributed by atoms with Crippen molar-refractivity contribution in [1.29, 1.82) is 0 Å². The van der Waals surface area contributed by atoms with Crippen LogP contribution in [0.2, 0.25) is 0 Å². The number of nitrogens with one attached hydrogen (secondary N) is 1. The monoisotopic (exact) mass is 233 g/mol. The number of piperidine rings is 1. The lowest BCUT2D eigenvalue weighted by atomic mass is 9.85. The Morgan fingerprint density at radius 2 is 1.88 bits per heavy atom. The quantitative estimate of drug-likeness (QED) is 0.821. The molecule has 2 nitrogen and oxygen atoms in total. The molecule has 0 bridgehead atoms. The molecule has 94 valence electrons. The molecule has 1 aliphatic heterocycles. The van der Waals surface area contributed by atoms with Crippen molar-refractivity contribution in [1.82, 2.24) is 5.32 Å². The molecule has 1 aliphatic rings. The number of β-amino-alcohol motifs (C(OH)–C–C–N with tert-alkyl or cyclic N) is 1. The number of rotatable bonds is 2. The van der Waals surface area contributed by atoms with Crippen molar-refractivity contribution in [3.05, 3.63) is 34.4 Å². The first-order chi connectivity index (χ1) is 8.00. The lowest BCUT2D eigenvalue weighted by Crippen LogP contribution is -2.47. The fraction of sp³-hybridized carbons (Fsp3) is 0.600. The van der Waals surface area contributed by atoms with Gasteiger partial charge in [0.25, 0.3) is 0 Å². The summed E-state index contributed by atoms with van der Waals surface area (Å²) in [7, 11) is 0. The molecule has 0 aliphatic carbocycles. The predicted molar refractivity (Wildman–Crippen MR) is 71.4 cm³/mol. The van der Waals surface area contributed by atoms with Crippen LogP contribution in [0.15, 0.2) is 12.1 Å². The van der Waals surface area contributed by atoms with Crippen LogP contribution in [0.4, 0.5) is 0 Å². The summed E-state index contributed by atoms with van der Waals surface area (Å²) in [4.78, 5) is 0. The smallest absolute Gasteiger partial charge is 0.0812 e. The molecule has 2 N–H and O–H groups in total. The minimum atomic E-state index is -0.551. The highest BCUT2D eigenvalue weighted by Crippen LogP contribution is 2.25. The van der Waals surface area contributed by atoms with E-state index >= 15 is 0 Å². The first kappa shape index (κ1) is 12.6. The standard InChI is InChI=1S/C15H23NO/c1-11-7-13(3)14(8-12(11)2)9-15(17)5-4-6-16-10-15/h7-8,16-17H,4-6,9-10H2,1-3H3. The summed E-state index contributed by atoms with van der Waals surface area (Å²) < 4.78 is 0. The highest BCUT2D eigenvalue weighted by atomic mass is 16.3. The second-order valence-electron chi connectivity index (χ2n) is 5.54. The van der Waals surface area contributed by atoms with Gasteiger partial charge in [-0.1, -0.05) is 12.1 Å². The van der Waals surface area contributed by atoms with E-state index in [-0.39, 0.29) is 0 Å². The molecule has 0 aromatic heterocycles. The summed E-state index contributed by atoms with van der Waals surface area (Å²) >= 11 is 0. The van der Waals surface area contributed by atoms with E-state index in [9.17, 15) is 5.11 Å². The summed E-state index contributed by atoms with van der Waals surface area (Å²) in [5, 5.41) is 13.8. The Balaban J connectivity index is 2.20. The molecule has 17 heavy (non-hydrogen) atoms. The molecule has 1 aromatic carbocycles. The summed E-state index contributed by atoms with van der Waals surface area (Å²) in [5.41, 5.74) is 4.69. The average Bonchev–Trinajstić information content (AvgIpc) is 2.26. The number of hydrogen-bond acceptors (Lipinski definition) is 2. The maximum absolute atomic E-state index is 10.5. The zero-order chi connectivity index (χ0) is 12.5. The van der Waals surface area contributed by atoms with Gasteiger partial charge in [0, 0.05) is 13.0 Å². The van der Waals surface area contributed by atoms with Gasteiger partial charge in [0.2, 0.25) is 0 Å². The number of benzene rings is 1. The molecule has 0 radical (unpaired) electrons. The summed E-state index contributed by atoms with van der Waals surface area (Å²) in [6.07, 6.45) is 2.75. The van der Waals surface area contributed by atoms with Crippen LogP contribution in [0.25, 0.3) is 0 Å². The van der Waals surface area contributed by atoms with E-state index in [0.717, 1.165) is 32.4 Å². The van der Waals surface area contributed by atoms with Gasteiger partial charge in [-0.3, -0.25) is 0 Å². The van der Waals surface area contributed by atoms with Gasteiger partial charge >= 0.3 is 0 Å². The van der Waals surface area contributed by atoms with Crippen LogP contribution < -0.4 is 5.32 Å². The molecule has 1 fully saturated rings. The molecule has 2 rings (SSSR count). The van der Waals surface area contributed by atoms with Crippen molar-refractivity contribution in [3.63, 3.8) is 0 Å². The third-order valence-corrected chi connectivity index (χ3v) is 3.92. The van der Waals surface area contributed by atoms with Crippen LogP contribution in [0, 0.1) is 20.8 Å². The zero-order valence-corrected chi connectivity index (χ0v) is 11.1. The van der Waals surface area contributed by atoms with Crippen LogP contribution in [-0.4, -0.2) is 23.8 Å². The Morgan fingerprint density at radius 1 is 1.18 bits per heavy atom. The number of hydrogen-bond donors (Lipinski definition) is 2. The van der Waals surface area contributed by atoms with Crippen molar-refractivity contribution >= 4 is 0 Å². The largest absolute Gasteiger partial charge is 0.388 e. The first-order valence-corrected chi connectivity index (χ1v) is 6.50. The molecule has 1 aromatic rings. The van der Waals surface area contributed by atoms with E-state index in [1.807, 2.05) is 0 Å². The van der Waals surface area contributed by atoms with E-state index in [1.165, 1.54) is 22.3 Å². The van der Waals surface area contributed by atoms with E-state index in [0.29, 0.717) is 0 Å². The van der Waals surface area contributed by atoms with Gasteiger partial charge in [0.05, 0.1) is 5.60 Å². The van der Waals surface area contributed by atoms with Crippen molar-refractivity contribution in [2.45, 2.75) is 45.6 Å². The van der Waals surface area contributed by atoms with Crippen molar-refractivity contribution in [3.8, 4) is 0 Å². The molecule has 1 heterocycles. The average molecular weight is 233 g/mol. The Kier molecular flexibility index (Phi) is 3.55. The molecule has 1 atom stereocenters. The molecule has 0 amide bonds. The molecular formula is C15H23NO. The maximum atomic E-state index is 10.5. The van der Waals surface area contributed by atoms with Crippen LogP contribution >= 0.6 is 0 Å². The maximum Gasteiger partial charge on any atom is 0.0812 e. The SMILES string of the molecule is Cc1cc(C)c(CC2(O)CCCNC2)cc1C. The Bertz CT molecular complexity index is 406. The third kappa shape index (κ3) is 2.88. The summed E-state index contributed by atoms with van der Waals surface area (Å²) in [6, 6.07) is 4.46. The molecule has 0 saturated carbocycles. The van der Waals surface area contributed by atoms with E-state index in [1.54, 1.807) is 0 Å². The van der Waals surface area contributed by atoms with Gasteiger partial charge in [-0.25, -0.2) is 0 Å². The minimum absolute atomic E-state index is 0.551. The first-order valence-electron chi connectivity index (χ1n) is 6.50. The normalized spacial score (nSPS) is 24.9. The predicted octanol–water partition coefficient (Wildman–Crippen LogP) is 2.27. The van der Waals surface area contributed by atoms with Gasteiger partial charge in [-0.15, -0.1) is 0 Å². The molecule has 2 heteroatoms. The van der Waals surface area contributed by atoms with Gasteiger partial charge in [0.15, 0.2) is 0 Å². The third-order valence-electron chi connectivity index (χ3n) is 3.92. The highest BCUT2D eigenvalue weighted by molar-refractivity contribution is 5.37. The Hall–Kier alpha value is -0.860. The molecule has 1 saturated heterocycles. The summed E-state index contributed by atoms with van der Waals surface area (Å²) in [5.74, 6) is 0.